The summed E-state index contributed by atoms with van der Waals surface area (Å²) >= 11 is 0. The highest BCUT2D eigenvalue weighted by Gasteiger charge is 2.24. The van der Waals surface area contributed by atoms with E-state index in [-0.39, 0.29) is 17.8 Å². The van der Waals surface area contributed by atoms with Gasteiger partial charge >= 0.3 is 6.09 Å². The van der Waals surface area contributed by atoms with E-state index in [2.05, 4.69) is 15.6 Å². The number of rotatable bonds is 6. The molecule has 1 heterocycles. The van der Waals surface area contributed by atoms with Crippen molar-refractivity contribution in [3.05, 3.63) is 39.9 Å². The summed E-state index contributed by atoms with van der Waals surface area (Å²) in [5.41, 5.74) is 0.969. The number of carbonyl (C=O) groups is 1. The van der Waals surface area contributed by atoms with Crippen LogP contribution in [0.1, 0.15) is 32.3 Å². The largest absolute Gasteiger partial charge is 0.450 e. The lowest BCUT2D eigenvalue weighted by atomic mass is 10.1. The van der Waals surface area contributed by atoms with E-state index in [1.54, 1.807) is 24.0 Å². The third kappa shape index (κ3) is 6.43. The van der Waals surface area contributed by atoms with Crippen molar-refractivity contribution in [2.45, 2.75) is 39.3 Å². The summed E-state index contributed by atoms with van der Waals surface area (Å²) in [7, 11) is 0. The molecule has 27 heavy (non-hydrogen) atoms. The average Bonchev–Trinajstić information content (AvgIpc) is 2.67. The van der Waals surface area contributed by atoms with Crippen LogP contribution in [0.5, 0.6) is 0 Å². The molecule has 9 heteroatoms. The van der Waals surface area contributed by atoms with Crippen molar-refractivity contribution >= 4 is 17.7 Å². The molecule has 0 aromatic heterocycles. The second-order valence-electron chi connectivity index (χ2n) is 6.22. The molecule has 0 aliphatic carbocycles. The van der Waals surface area contributed by atoms with Gasteiger partial charge in [-0.25, -0.2) is 9.79 Å². The fraction of sp³-hybridized carbons (Fsp3) is 0.556. The van der Waals surface area contributed by atoms with Crippen LogP contribution in [0.25, 0.3) is 0 Å². The standard InChI is InChI=1S/C18H27N5O4/c1-3-19-17(20-13-14-5-7-16(8-6-14)23(25)26)21-15-9-11-22(12-10-15)18(24)27-4-2/h5-8,15H,3-4,9-13H2,1-2H3,(H2,19,20,21). The summed E-state index contributed by atoms with van der Waals surface area (Å²) in [6.45, 7) is 6.64. The van der Waals surface area contributed by atoms with Crippen LogP contribution in [0.4, 0.5) is 10.5 Å². The van der Waals surface area contributed by atoms with Gasteiger partial charge in [-0.05, 0) is 32.3 Å². The van der Waals surface area contributed by atoms with E-state index in [1.165, 1.54) is 12.1 Å². The van der Waals surface area contributed by atoms with Gasteiger partial charge < -0.3 is 20.3 Å². The SMILES string of the molecule is CCNC(=NCc1ccc([N+](=O)[O-])cc1)NC1CCN(C(=O)OCC)CC1. The Bertz CT molecular complexity index is 654. The molecule has 1 saturated heterocycles. The van der Waals surface area contributed by atoms with Gasteiger partial charge in [-0.2, -0.15) is 0 Å². The molecule has 1 fully saturated rings. The second kappa shape index (κ2) is 10.3. The normalized spacial score (nSPS) is 15.3. The van der Waals surface area contributed by atoms with E-state index in [4.69, 9.17) is 4.74 Å². The van der Waals surface area contributed by atoms with Gasteiger partial charge in [-0.15, -0.1) is 0 Å². The molecule has 2 N–H and O–H groups in total. The van der Waals surface area contributed by atoms with Crippen molar-refractivity contribution in [2.24, 2.45) is 4.99 Å². The summed E-state index contributed by atoms with van der Waals surface area (Å²) in [6.07, 6.45) is 1.39. The van der Waals surface area contributed by atoms with E-state index >= 15 is 0 Å². The number of piperidine rings is 1. The van der Waals surface area contributed by atoms with Gasteiger partial charge in [0.2, 0.25) is 0 Å². The van der Waals surface area contributed by atoms with E-state index in [1.807, 2.05) is 6.92 Å². The summed E-state index contributed by atoms with van der Waals surface area (Å²) in [5, 5.41) is 17.3. The zero-order chi connectivity index (χ0) is 19.6. The number of non-ortho nitro benzene ring substituents is 1. The predicted octanol–water partition coefficient (Wildman–Crippen LogP) is 2.27. The molecular formula is C18H27N5O4. The first-order valence-corrected chi connectivity index (χ1v) is 9.23. The van der Waals surface area contributed by atoms with Crippen molar-refractivity contribution in [1.82, 2.24) is 15.5 Å². The molecule has 0 bridgehead atoms. The Morgan fingerprint density at radius 2 is 1.96 bits per heavy atom. The molecule has 1 aromatic carbocycles. The maximum absolute atomic E-state index is 11.8. The number of nitrogens with one attached hydrogen (secondary N) is 2. The number of likely N-dealkylation sites (tertiary alicyclic amines) is 1. The first kappa shape index (κ1) is 20.5. The minimum absolute atomic E-state index is 0.0705. The van der Waals surface area contributed by atoms with Crippen LogP contribution in [0.3, 0.4) is 0 Å². The molecule has 1 aliphatic rings. The Balaban J connectivity index is 1.88. The Morgan fingerprint density at radius 3 is 2.52 bits per heavy atom. The van der Waals surface area contributed by atoms with Gasteiger partial charge in [0, 0.05) is 37.8 Å². The molecule has 9 nitrogen and oxygen atoms in total. The molecule has 1 amide bonds. The smallest absolute Gasteiger partial charge is 0.409 e. The Morgan fingerprint density at radius 1 is 1.30 bits per heavy atom. The first-order valence-electron chi connectivity index (χ1n) is 9.23. The van der Waals surface area contributed by atoms with E-state index < -0.39 is 4.92 Å². The molecule has 148 valence electrons. The Labute approximate surface area is 158 Å². The highest BCUT2D eigenvalue weighted by atomic mass is 16.6. The predicted molar refractivity (Wildman–Crippen MR) is 103 cm³/mol. The van der Waals surface area contributed by atoms with Gasteiger partial charge in [0.15, 0.2) is 5.96 Å². The number of amides is 1. The Kier molecular flexibility index (Phi) is 7.84. The van der Waals surface area contributed by atoms with Gasteiger partial charge in [0.05, 0.1) is 18.1 Å². The van der Waals surface area contributed by atoms with Gasteiger partial charge in [-0.1, -0.05) is 12.1 Å². The fourth-order valence-corrected chi connectivity index (χ4v) is 2.83. The maximum atomic E-state index is 11.8. The monoisotopic (exact) mass is 377 g/mol. The van der Waals surface area contributed by atoms with Crippen LogP contribution in [0.15, 0.2) is 29.3 Å². The molecule has 0 spiro atoms. The number of carbonyl (C=O) groups excluding carboxylic acids is 1. The van der Waals surface area contributed by atoms with Crippen molar-refractivity contribution < 1.29 is 14.5 Å². The lowest BCUT2D eigenvalue weighted by molar-refractivity contribution is -0.384. The van der Waals surface area contributed by atoms with Crippen LogP contribution >= 0.6 is 0 Å². The van der Waals surface area contributed by atoms with Gasteiger partial charge in [-0.3, -0.25) is 10.1 Å². The third-order valence-corrected chi connectivity index (χ3v) is 4.27. The molecule has 0 radical (unpaired) electrons. The number of benzene rings is 1. The fourth-order valence-electron chi connectivity index (χ4n) is 2.83. The molecule has 0 saturated carbocycles. The summed E-state index contributed by atoms with van der Waals surface area (Å²) < 4.78 is 5.04. The van der Waals surface area contributed by atoms with Gasteiger partial charge in [0.25, 0.3) is 5.69 Å². The number of nitro groups is 1. The number of ether oxygens (including phenoxy) is 1. The third-order valence-electron chi connectivity index (χ3n) is 4.27. The number of hydrogen-bond donors (Lipinski definition) is 2. The van der Waals surface area contributed by atoms with Crippen LogP contribution in [0, 0.1) is 10.1 Å². The van der Waals surface area contributed by atoms with Crippen molar-refractivity contribution in [3.8, 4) is 0 Å². The average molecular weight is 377 g/mol. The molecule has 2 rings (SSSR count). The minimum atomic E-state index is -0.415. The summed E-state index contributed by atoms with van der Waals surface area (Å²) in [4.78, 5) is 28.3. The Hall–Kier alpha value is -2.84. The number of hydrogen-bond acceptors (Lipinski definition) is 5. The highest BCUT2D eigenvalue weighted by Crippen LogP contribution is 2.13. The molecular weight excluding hydrogens is 350 g/mol. The van der Waals surface area contributed by atoms with E-state index in [0.29, 0.717) is 32.2 Å². The zero-order valence-corrected chi connectivity index (χ0v) is 15.8. The quantitative estimate of drug-likeness (QED) is 0.341. The second-order valence-corrected chi connectivity index (χ2v) is 6.22. The molecule has 1 aliphatic heterocycles. The number of nitrogens with zero attached hydrogens (tertiary/aromatic N) is 3. The van der Waals surface area contributed by atoms with Crippen molar-refractivity contribution in [1.29, 1.82) is 0 Å². The molecule has 0 unspecified atom stereocenters. The first-order chi connectivity index (χ1) is 13.0. The molecule has 1 aromatic rings. The van der Waals surface area contributed by atoms with Crippen molar-refractivity contribution in [2.75, 3.05) is 26.2 Å². The van der Waals surface area contributed by atoms with Crippen LogP contribution in [-0.2, 0) is 11.3 Å². The number of nitro benzene ring substituents is 1. The molecule has 0 atom stereocenters. The number of guanidine groups is 1. The van der Waals surface area contributed by atoms with Crippen LogP contribution < -0.4 is 10.6 Å². The van der Waals surface area contributed by atoms with E-state index in [0.717, 1.165) is 24.9 Å². The van der Waals surface area contributed by atoms with Crippen molar-refractivity contribution in [3.63, 3.8) is 0 Å². The van der Waals surface area contributed by atoms with Gasteiger partial charge in [0.1, 0.15) is 0 Å². The van der Waals surface area contributed by atoms with Crippen LogP contribution in [-0.4, -0.2) is 54.2 Å². The maximum Gasteiger partial charge on any atom is 0.409 e. The summed E-state index contributed by atoms with van der Waals surface area (Å²) in [5.74, 6) is 0.699. The van der Waals surface area contributed by atoms with Crippen LogP contribution in [0.2, 0.25) is 0 Å². The van der Waals surface area contributed by atoms with E-state index in [9.17, 15) is 14.9 Å². The minimum Gasteiger partial charge on any atom is -0.450 e. The number of aliphatic imine (C=N–C) groups is 1. The summed E-state index contributed by atoms with van der Waals surface area (Å²) in [6, 6.07) is 6.61. The lowest BCUT2D eigenvalue weighted by Crippen LogP contribution is -2.49. The topological polar surface area (TPSA) is 109 Å². The zero-order valence-electron chi connectivity index (χ0n) is 15.8. The highest BCUT2D eigenvalue weighted by molar-refractivity contribution is 5.80. The lowest BCUT2D eigenvalue weighted by Gasteiger charge is -2.32.